The number of piperazine rings is 1. The van der Waals surface area contributed by atoms with Crippen molar-refractivity contribution in [2.45, 2.75) is 13.0 Å². The molecular formula is C20H23N3O5. The van der Waals surface area contributed by atoms with E-state index < -0.39 is 0 Å². The maximum absolute atomic E-state index is 12.3. The summed E-state index contributed by atoms with van der Waals surface area (Å²) in [7, 11) is 0. The second kappa shape index (κ2) is 8.35. The fourth-order valence-electron chi connectivity index (χ4n) is 3.33. The van der Waals surface area contributed by atoms with E-state index in [1.807, 2.05) is 18.2 Å². The van der Waals surface area contributed by atoms with Crippen molar-refractivity contribution < 1.29 is 23.5 Å². The predicted molar refractivity (Wildman–Crippen MR) is 100 cm³/mol. The molecule has 2 aromatic rings. The van der Waals surface area contributed by atoms with E-state index in [0.29, 0.717) is 44.1 Å². The van der Waals surface area contributed by atoms with Crippen molar-refractivity contribution in [2.24, 2.45) is 0 Å². The molecule has 0 saturated carbocycles. The zero-order valence-corrected chi connectivity index (χ0v) is 15.6. The summed E-state index contributed by atoms with van der Waals surface area (Å²) in [5.41, 5.74) is 0.975. The number of hydrogen-bond donors (Lipinski definition) is 1. The van der Waals surface area contributed by atoms with Crippen LogP contribution in [-0.4, -0.2) is 61.1 Å². The zero-order chi connectivity index (χ0) is 19.3. The molecule has 0 radical (unpaired) electrons. The zero-order valence-electron chi connectivity index (χ0n) is 15.6. The van der Waals surface area contributed by atoms with E-state index in [-0.39, 0.29) is 18.6 Å². The van der Waals surface area contributed by atoms with Gasteiger partial charge in [-0.15, -0.1) is 0 Å². The highest BCUT2D eigenvalue weighted by molar-refractivity contribution is 5.91. The maximum atomic E-state index is 12.3. The molecule has 1 aromatic heterocycles. The lowest BCUT2D eigenvalue weighted by Gasteiger charge is -2.34. The number of furan rings is 1. The second-order valence-corrected chi connectivity index (χ2v) is 6.83. The molecule has 1 saturated heterocycles. The Morgan fingerprint density at radius 2 is 1.86 bits per heavy atom. The molecule has 1 fully saturated rings. The van der Waals surface area contributed by atoms with Crippen LogP contribution in [-0.2, 0) is 11.3 Å². The van der Waals surface area contributed by atoms with Crippen molar-refractivity contribution in [1.82, 2.24) is 15.1 Å². The van der Waals surface area contributed by atoms with Gasteiger partial charge in [-0.25, -0.2) is 0 Å². The van der Waals surface area contributed by atoms with Crippen molar-refractivity contribution in [3.8, 4) is 11.5 Å². The fraction of sp³-hybridized carbons (Fsp3) is 0.400. The molecule has 4 rings (SSSR count). The van der Waals surface area contributed by atoms with Crippen LogP contribution in [0.3, 0.4) is 0 Å². The van der Waals surface area contributed by atoms with Crippen LogP contribution < -0.4 is 14.8 Å². The van der Waals surface area contributed by atoms with Gasteiger partial charge in [0.1, 0.15) is 0 Å². The van der Waals surface area contributed by atoms with Crippen LogP contribution in [0.15, 0.2) is 41.0 Å². The monoisotopic (exact) mass is 385 g/mol. The molecule has 0 unspecified atom stereocenters. The quantitative estimate of drug-likeness (QED) is 0.811. The largest absolute Gasteiger partial charge is 0.459 e. The van der Waals surface area contributed by atoms with Gasteiger partial charge in [0.15, 0.2) is 17.3 Å². The molecule has 148 valence electrons. The minimum Gasteiger partial charge on any atom is -0.459 e. The summed E-state index contributed by atoms with van der Waals surface area (Å²) in [5, 5.41) is 2.94. The number of hydrogen-bond acceptors (Lipinski definition) is 6. The Kier molecular flexibility index (Phi) is 5.48. The second-order valence-electron chi connectivity index (χ2n) is 6.83. The molecule has 2 aliphatic rings. The topological polar surface area (TPSA) is 84.3 Å². The lowest BCUT2D eigenvalue weighted by atomic mass is 10.2. The van der Waals surface area contributed by atoms with Crippen LogP contribution in [0.4, 0.5) is 0 Å². The van der Waals surface area contributed by atoms with E-state index in [9.17, 15) is 9.59 Å². The smallest absolute Gasteiger partial charge is 0.289 e. The molecule has 8 nitrogen and oxygen atoms in total. The Morgan fingerprint density at radius 1 is 1.04 bits per heavy atom. The first-order valence-electron chi connectivity index (χ1n) is 9.39. The maximum Gasteiger partial charge on any atom is 0.289 e. The average Bonchev–Trinajstić information content (AvgIpc) is 3.42. The molecule has 0 spiro atoms. The molecule has 0 bridgehead atoms. The first-order valence-corrected chi connectivity index (χ1v) is 9.39. The summed E-state index contributed by atoms with van der Waals surface area (Å²) < 4.78 is 15.8. The van der Waals surface area contributed by atoms with Gasteiger partial charge in [0.05, 0.1) is 6.26 Å². The van der Waals surface area contributed by atoms with Gasteiger partial charge >= 0.3 is 0 Å². The molecule has 2 amide bonds. The number of amides is 2. The molecule has 28 heavy (non-hydrogen) atoms. The van der Waals surface area contributed by atoms with E-state index in [1.165, 1.54) is 6.26 Å². The lowest BCUT2D eigenvalue weighted by Crippen LogP contribution is -2.49. The summed E-state index contributed by atoms with van der Waals surface area (Å²) in [6.07, 6.45) is 1.93. The normalized spacial score (nSPS) is 16.2. The van der Waals surface area contributed by atoms with Gasteiger partial charge in [0, 0.05) is 45.7 Å². The number of carbonyl (C=O) groups excluding carboxylic acids is 2. The Balaban J connectivity index is 1.16. The highest BCUT2D eigenvalue weighted by atomic mass is 16.7. The first-order chi connectivity index (χ1) is 13.7. The Bertz CT molecular complexity index is 828. The van der Waals surface area contributed by atoms with Gasteiger partial charge in [0.2, 0.25) is 12.7 Å². The first kappa shape index (κ1) is 18.4. The van der Waals surface area contributed by atoms with Gasteiger partial charge in [-0.05, 0) is 29.8 Å². The van der Waals surface area contributed by atoms with Crippen LogP contribution in [0, 0.1) is 0 Å². The van der Waals surface area contributed by atoms with Gasteiger partial charge in [-0.1, -0.05) is 6.07 Å². The van der Waals surface area contributed by atoms with E-state index >= 15 is 0 Å². The van der Waals surface area contributed by atoms with Crippen LogP contribution in [0.2, 0.25) is 0 Å². The standard InChI is InChI=1S/C20H23N3O5/c24-19(21-13-15-3-4-16-18(12-15)28-14-27-16)5-6-22-7-9-23(10-8-22)20(25)17-2-1-11-26-17/h1-4,11-12H,5-10,13-14H2,(H,21,24). The summed E-state index contributed by atoms with van der Waals surface area (Å²) in [5.74, 6) is 1.75. The Morgan fingerprint density at radius 3 is 2.64 bits per heavy atom. The summed E-state index contributed by atoms with van der Waals surface area (Å²) in [6, 6.07) is 9.05. The van der Waals surface area contributed by atoms with Gasteiger partial charge in [-0.2, -0.15) is 0 Å². The van der Waals surface area contributed by atoms with Crippen molar-refractivity contribution in [3.63, 3.8) is 0 Å². The van der Waals surface area contributed by atoms with Gasteiger partial charge < -0.3 is 24.1 Å². The predicted octanol–water partition coefficient (Wildman–Crippen LogP) is 1.47. The van der Waals surface area contributed by atoms with E-state index in [2.05, 4.69) is 10.2 Å². The highest BCUT2D eigenvalue weighted by Crippen LogP contribution is 2.32. The third-order valence-electron chi connectivity index (χ3n) is 4.97. The van der Waals surface area contributed by atoms with Crippen molar-refractivity contribution in [2.75, 3.05) is 39.5 Å². The van der Waals surface area contributed by atoms with Crippen molar-refractivity contribution in [1.29, 1.82) is 0 Å². The number of carbonyl (C=O) groups is 2. The van der Waals surface area contributed by atoms with Crippen molar-refractivity contribution >= 4 is 11.8 Å². The van der Waals surface area contributed by atoms with E-state index in [1.54, 1.807) is 17.0 Å². The molecule has 3 heterocycles. The molecule has 2 aliphatic heterocycles. The number of ether oxygens (including phenoxy) is 2. The molecule has 0 aliphatic carbocycles. The highest BCUT2D eigenvalue weighted by Gasteiger charge is 2.23. The van der Waals surface area contributed by atoms with E-state index in [4.69, 9.17) is 13.9 Å². The SMILES string of the molecule is O=C(CCN1CCN(C(=O)c2ccco2)CC1)NCc1ccc2c(c1)OCO2. The molecule has 0 atom stereocenters. The summed E-state index contributed by atoms with van der Waals surface area (Å²) >= 11 is 0. The van der Waals surface area contributed by atoms with Crippen LogP contribution in [0.5, 0.6) is 11.5 Å². The Hall–Kier alpha value is -3.00. The minimum absolute atomic E-state index is 0.00626. The van der Waals surface area contributed by atoms with Crippen LogP contribution in [0.1, 0.15) is 22.5 Å². The number of nitrogens with zero attached hydrogens (tertiary/aromatic N) is 2. The van der Waals surface area contributed by atoms with Gasteiger partial charge in [-0.3, -0.25) is 14.5 Å². The van der Waals surface area contributed by atoms with Crippen LogP contribution >= 0.6 is 0 Å². The average molecular weight is 385 g/mol. The third kappa shape index (κ3) is 4.28. The molecule has 1 aromatic carbocycles. The number of nitrogens with one attached hydrogen (secondary N) is 1. The Labute approximate surface area is 163 Å². The minimum atomic E-state index is -0.0777. The fourth-order valence-corrected chi connectivity index (χ4v) is 3.33. The number of benzene rings is 1. The lowest BCUT2D eigenvalue weighted by molar-refractivity contribution is -0.121. The number of fused-ring (bicyclic) bond motifs is 1. The summed E-state index contributed by atoms with van der Waals surface area (Å²) in [4.78, 5) is 28.4. The third-order valence-corrected chi connectivity index (χ3v) is 4.97. The number of rotatable bonds is 6. The van der Waals surface area contributed by atoms with E-state index in [0.717, 1.165) is 24.4 Å². The molecule has 8 heteroatoms. The van der Waals surface area contributed by atoms with Crippen molar-refractivity contribution in [3.05, 3.63) is 47.9 Å². The summed E-state index contributed by atoms with van der Waals surface area (Å²) in [6.45, 7) is 4.16. The molecule has 1 N–H and O–H groups in total. The van der Waals surface area contributed by atoms with Crippen LogP contribution in [0.25, 0.3) is 0 Å². The van der Waals surface area contributed by atoms with Gasteiger partial charge in [0.25, 0.3) is 5.91 Å². The molecular weight excluding hydrogens is 362 g/mol.